The van der Waals surface area contributed by atoms with Crippen molar-refractivity contribution in [1.29, 1.82) is 0 Å². The van der Waals surface area contributed by atoms with Gasteiger partial charge >= 0.3 is 0 Å². The maximum atomic E-state index is 12.3. The summed E-state index contributed by atoms with van der Waals surface area (Å²) < 4.78 is 35.5. The van der Waals surface area contributed by atoms with Crippen LogP contribution < -0.4 is 9.62 Å². The van der Waals surface area contributed by atoms with E-state index in [-0.39, 0.29) is 4.90 Å². The van der Waals surface area contributed by atoms with Gasteiger partial charge in [-0.05, 0) is 26.0 Å². The van der Waals surface area contributed by atoms with E-state index in [1.165, 1.54) is 4.90 Å². The second-order valence-corrected chi connectivity index (χ2v) is 7.11. The van der Waals surface area contributed by atoms with Gasteiger partial charge in [0.1, 0.15) is 15.9 Å². The highest BCUT2D eigenvalue weighted by Crippen LogP contribution is 2.20. The summed E-state index contributed by atoms with van der Waals surface area (Å²) in [5.41, 5.74) is 1.07. The molecule has 1 heterocycles. The van der Waals surface area contributed by atoms with E-state index in [1.807, 2.05) is 0 Å². The molecule has 1 aromatic heterocycles. The third kappa shape index (κ3) is 3.97. The minimum Gasteiger partial charge on any atom is -0.335 e. The molecule has 21 heavy (non-hydrogen) atoms. The lowest BCUT2D eigenvalue weighted by atomic mass is 10.3. The van der Waals surface area contributed by atoms with Crippen LogP contribution in [0.4, 0.5) is 0 Å². The Morgan fingerprint density at radius 1 is 1.24 bits per heavy atom. The highest BCUT2D eigenvalue weighted by molar-refractivity contribution is 7.89. The molecular formula is C13H21N4O2S2+. The topological polar surface area (TPSA) is 76.4 Å². The molecule has 0 fully saturated rings. The smallest absolute Gasteiger partial charge is 0.242 e. The molecular weight excluding hydrogens is 308 g/mol. The molecule has 1 aromatic carbocycles. The summed E-state index contributed by atoms with van der Waals surface area (Å²) in [5.74, 6) is 0. The number of rotatable bonds is 8. The Balaban J connectivity index is 2.01. The van der Waals surface area contributed by atoms with Crippen molar-refractivity contribution in [3.63, 3.8) is 0 Å². The second kappa shape index (κ2) is 7.26. The lowest BCUT2D eigenvalue weighted by molar-refractivity contribution is -0.896. The predicted molar refractivity (Wildman–Crippen MR) is 84.1 cm³/mol. The molecule has 0 aliphatic rings. The van der Waals surface area contributed by atoms with E-state index in [1.54, 1.807) is 18.2 Å². The van der Waals surface area contributed by atoms with Crippen LogP contribution in [0.3, 0.4) is 0 Å². The van der Waals surface area contributed by atoms with Crippen LogP contribution in [0.15, 0.2) is 23.1 Å². The maximum Gasteiger partial charge on any atom is 0.242 e. The molecule has 0 atom stereocenters. The Kier molecular flexibility index (Phi) is 5.63. The van der Waals surface area contributed by atoms with Crippen molar-refractivity contribution in [3.05, 3.63) is 18.2 Å². The zero-order chi connectivity index (χ0) is 15.3. The lowest BCUT2D eigenvalue weighted by Gasteiger charge is -2.15. The van der Waals surface area contributed by atoms with Crippen LogP contribution in [-0.2, 0) is 10.0 Å². The Morgan fingerprint density at radius 2 is 2.00 bits per heavy atom. The summed E-state index contributed by atoms with van der Waals surface area (Å²) in [4.78, 5) is 1.68. The van der Waals surface area contributed by atoms with Gasteiger partial charge in [0.2, 0.25) is 10.0 Å². The number of sulfonamides is 1. The average Bonchev–Trinajstić information content (AvgIpc) is 2.95. The highest BCUT2D eigenvalue weighted by atomic mass is 32.2. The van der Waals surface area contributed by atoms with E-state index in [4.69, 9.17) is 0 Å². The average molecular weight is 329 g/mol. The van der Waals surface area contributed by atoms with Crippen LogP contribution in [0, 0.1) is 0 Å². The zero-order valence-electron chi connectivity index (χ0n) is 12.3. The molecule has 0 spiro atoms. The second-order valence-electron chi connectivity index (χ2n) is 4.85. The van der Waals surface area contributed by atoms with Gasteiger partial charge in [0, 0.05) is 13.0 Å². The highest BCUT2D eigenvalue weighted by Gasteiger charge is 2.19. The summed E-state index contributed by atoms with van der Waals surface area (Å²) in [6, 6.07) is 5.03. The summed E-state index contributed by atoms with van der Waals surface area (Å²) in [5, 5.41) is 0. The molecule has 0 saturated heterocycles. The molecule has 2 rings (SSSR count). The van der Waals surface area contributed by atoms with Gasteiger partial charge in [-0.2, -0.15) is 8.75 Å². The van der Waals surface area contributed by atoms with Gasteiger partial charge in [-0.25, -0.2) is 13.1 Å². The first kappa shape index (κ1) is 16.3. The fraction of sp³-hybridized carbons (Fsp3) is 0.538. The SMILES string of the molecule is CC[NH+](CC)CCCNS(=O)(=O)c1cccc2nsnc12. The van der Waals surface area contributed by atoms with E-state index in [0.717, 1.165) is 37.8 Å². The summed E-state index contributed by atoms with van der Waals surface area (Å²) >= 11 is 1.03. The Hall–Kier alpha value is -1.09. The molecule has 2 aromatic rings. The number of hydrogen-bond acceptors (Lipinski definition) is 5. The van der Waals surface area contributed by atoms with Gasteiger partial charge in [-0.3, -0.25) is 0 Å². The molecule has 2 N–H and O–H groups in total. The van der Waals surface area contributed by atoms with Crippen LogP contribution in [0.25, 0.3) is 11.0 Å². The van der Waals surface area contributed by atoms with Gasteiger partial charge < -0.3 is 4.90 Å². The number of benzene rings is 1. The van der Waals surface area contributed by atoms with Gasteiger partial charge in [0.15, 0.2) is 0 Å². The van der Waals surface area contributed by atoms with E-state index < -0.39 is 10.0 Å². The first-order chi connectivity index (χ1) is 10.1. The molecule has 0 saturated carbocycles. The molecule has 116 valence electrons. The van der Waals surface area contributed by atoms with Gasteiger partial charge in [0.05, 0.1) is 31.4 Å². The molecule has 6 nitrogen and oxygen atoms in total. The first-order valence-corrected chi connectivity index (χ1v) is 9.34. The molecule has 0 bridgehead atoms. The van der Waals surface area contributed by atoms with Crippen LogP contribution >= 0.6 is 11.7 Å². The molecule has 0 aliphatic carbocycles. The summed E-state index contributed by atoms with van der Waals surface area (Å²) in [7, 11) is -3.52. The van der Waals surface area contributed by atoms with Crippen molar-refractivity contribution in [2.45, 2.75) is 25.2 Å². The van der Waals surface area contributed by atoms with Crippen molar-refractivity contribution in [2.24, 2.45) is 0 Å². The van der Waals surface area contributed by atoms with E-state index in [0.29, 0.717) is 17.6 Å². The zero-order valence-corrected chi connectivity index (χ0v) is 13.9. The van der Waals surface area contributed by atoms with Crippen LogP contribution in [0.2, 0.25) is 0 Å². The fourth-order valence-corrected chi connectivity index (χ4v) is 4.06. The number of nitrogens with one attached hydrogen (secondary N) is 2. The summed E-state index contributed by atoms with van der Waals surface area (Å²) in [6.07, 6.45) is 0.821. The van der Waals surface area contributed by atoms with Crippen molar-refractivity contribution in [3.8, 4) is 0 Å². The fourth-order valence-electron chi connectivity index (χ4n) is 2.22. The van der Waals surface area contributed by atoms with Gasteiger partial charge in [0.25, 0.3) is 0 Å². The van der Waals surface area contributed by atoms with Crippen molar-refractivity contribution < 1.29 is 13.3 Å². The standard InChI is InChI=1S/C13H20N4O2S2/c1-3-17(4-2)10-6-9-14-21(18,19)12-8-5-7-11-13(12)16-20-15-11/h5,7-8,14H,3-4,6,9-10H2,1-2H3/p+1. The Morgan fingerprint density at radius 3 is 2.71 bits per heavy atom. The van der Waals surface area contributed by atoms with Crippen LogP contribution in [0.1, 0.15) is 20.3 Å². The first-order valence-electron chi connectivity index (χ1n) is 7.13. The van der Waals surface area contributed by atoms with Crippen LogP contribution in [0.5, 0.6) is 0 Å². The van der Waals surface area contributed by atoms with Gasteiger partial charge in [-0.15, -0.1) is 0 Å². The normalized spacial score (nSPS) is 12.3. The van der Waals surface area contributed by atoms with Crippen molar-refractivity contribution in [2.75, 3.05) is 26.2 Å². The van der Waals surface area contributed by atoms with E-state index in [2.05, 4.69) is 27.3 Å². The third-order valence-electron chi connectivity index (χ3n) is 3.54. The minimum absolute atomic E-state index is 0.212. The monoisotopic (exact) mass is 329 g/mol. The van der Waals surface area contributed by atoms with E-state index >= 15 is 0 Å². The molecule has 0 radical (unpaired) electrons. The molecule has 8 heteroatoms. The van der Waals surface area contributed by atoms with Crippen LogP contribution in [-0.4, -0.2) is 43.3 Å². The number of fused-ring (bicyclic) bond motifs is 1. The number of hydrogen-bond donors (Lipinski definition) is 2. The quantitative estimate of drug-likeness (QED) is 0.682. The number of quaternary nitrogens is 1. The minimum atomic E-state index is -3.52. The maximum absolute atomic E-state index is 12.3. The van der Waals surface area contributed by atoms with Gasteiger partial charge in [-0.1, -0.05) is 6.07 Å². The van der Waals surface area contributed by atoms with Crippen molar-refractivity contribution >= 4 is 32.8 Å². The Labute approximate surface area is 129 Å². The van der Waals surface area contributed by atoms with Crippen molar-refractivity contribution in [1.82, 2.24) is 13.5 Å². The predicted octanol–water partition coefficient (Wildman–Crippen LogP) is 0.284. The Bertz CT molecular complexity index is 680. The third-order valence-corrected chi connectivity index (χ3v) is 5.57. The lowest BCUT2D eigenvalue weighted by Crippen LogP contribution is -3.11. The molecule has 0 aliphatic heterocycles. The largest absolute Gasteiger partial charge is 0.335 e. The molecule has 0 unspecified atom stereocenters. The number of aromatic nitrogens is 2. The summed E-state index contributed by atoms with van der Waals surface area (Å²) in [6.45, 7) is 7.82. The number of nitrogens with zero attached hydrogens (tertiary/aromatic N) is 2. The van der Waals surface area contributed by atoms with E-state index in [9.17, 15) is 8.42 Å². The molecule has 0 amide bonds.